The van der Waals surface area contributed by atoms with Crippen LogP contribution < -0.4 is 0 Å². The first-order valence-corrected chi connectivity index (χ1v) is 8.60. The Balaban J connectivity index is 4.96. The fraction of sp³-hybridized carbons (Fsp3) is 1.00. The summed E-state index contributed by atoms with van der Waals surface area (Å²) in [5, 5.41) is 0. The van der Waals surface area contributed by atoms with E-state index in [1.165, 1.54) is 0 Å². The Morgan fingerprint density at radius 3 is 2.08 bits per heavy atom. The van der Waals surface area contributed by atoms with Crippen molar-refractivity contribution in [1.29, 1.82) is 0 Å². The van der Waals surface area contributed by atoms with Gasteiger partial charge in [-0.25, -0.2) is 8.42 Å². The number of azide groups is 1. The summed E-state index contributed by atoms with van der Waals surface area (Å²) in [7, 11) is -5.38. The zero-order valence-corrected chi connectivity index (χ0v) is 9.46. The van der Waals surface area contributed by atoms with Crippen molar-refractivity contribution in [2.75, 3.05) is 0 Å². The SMILES string of the molecule is CC([Si](C)(C)C)S(=O)(=O)N=[N+]=[N-]. The molecule has 0 aromatic heterocycles. The molecule has 0 aromatic carbocycles. The zero-order valence-electron chi connectivity index (χ0n) is 7.64. The fourth-order valence-electron chi connectivity index (χ4n) is 0.568. The minimum Gasteiger partial charge on any atom is -0.221 e. The highest BCUT2D eigenvalue weighted by Gasteiger charge is 2.32. The molecule has 0 aliphatic rings. The molecule has 0 aliphatic heterocycles. The highest BCUT2D eigenvalue weighted by Crippen LogP contribution is 2.16. The van der Waals surface area contributed by atoms with Gasteiger partial charge in [0, 0.05) is 9.43 Å². The molecule has 0 aromatic rings. The topological polar surface area (TPSA) is 82.9 Å². The quantitative estimate of drug-likeness (QED) is 0.306. The predicted molar refractivity (Wildman–Crippen MR) is 50.9 cm³/mol. The van der Waals surface area contributed by atoms with Crippen LogP contribution in [0, 0.1) is 0 Å². The summed E-state index contributed by atoms with van der Waals surface area (Å²) in [4.78, 5) is 1.77. The zero-order chi connectivity index (χ0) is 9.99. The molecule has 1 unspecified atom stereocenters. The van der Waals surface area contributed by atoms with Gasteiger partial charge in [0.15, 0.2) is 0 Å². The minimum absolute atomic E-state index is 0.527. The molecule has 1 atom stereocenters. The molecule has 0 rings (SSSR count). The molecule has 0 spiro atoms. The van der Waals surface area contributed by atoms with Crippen molar-refractivity contribution in [3.05, 3.63) is 10.4 Å². The lowest BCUT2D eigenvalue weighted by Crippen LogP contribution is -2.40. The molecule has 5 nitrogen and oxygen atoms in total. The molecule has 0 amide bonds. The molecule has 70 valence electrons. The van der Waals surface area contributed by atoms with Gasteiger partial charge in [0.25, 0.3) is 0 Å². The van der Waals surface area contributed by atoms with Crippen LogP contribution in [-0.4, -0.2) is 21.4 Å². The molecule has 7 heteroatoms. The average molecular weight is 207 g/mol. The minimum atomic E-state index is -3.60. The van der Waals surface area contributed by atoms with E-state index in [2.05, 4.69) is 9.43 Å². The normalized spacial score (nSPS) is 15.0. The van der Waals surface area contributed by atoms with Gasteiger partial charge in [0.2, 0.25) is 10.0 Å². The van der Waals surface area contributed by atoms with Crippen molar-refractivity contribution < 1.29 is 8.42 Å². The maximum absolute atomic E-state index is 11.2. The second-order valence-corrected chi connectivity index (χ2v) is 11.6. The van der Waals surface area contributed by atoms with Crippen molar-refractivity contribution in [2.24, 2.45) is 4.52 Å². The van der Waals surface area contributed by atoms with E-state index in [-0.39, 0.29) is 0 Å². The Labute approximate surface area is 73.5 Å². The number of hydrogen-bond acceptors (Lipinski definition) is 2. The van der Waals surface area contributed by atoms with E-state index in [0.29, 0.717) is 0 Å². The molecule has 0 fully saturated rings. The first kappa shape index (κ1) is 11.5. The summed E-state index contributed by atoms with van der Waals surface area (Å²) in [6, 6.07) is 0. The third-order valence-corrected chi connectivity index (χ3v) is 8.46. The van der Waals surface area contributed by atoms with Crippen molar-refractivity contribution in [1.82, 2.24) is 0 Å². The highest BCUT2D eigenvalue weighted by molar-refractivity contribution is 7.92. The van der Waals surface area contributed by atoms with Gasteiger partial charge in [-0.2, -0.15) is 0 Å². The Bertz CT molecular complexity index is 299. The highest BCUT2D eigenvalue weighted by atomic mass is 32.2. The third kappa shape index (κ3) is 2.84. The molecule has 0 heterocycles. The fourth-order valence-corrected chi connectivity index (χ4v) is 4.53. The standard InChI is InChI=1S/C5H13N3O2SSi/c1-5(12(2,3)4)11(9,10)8-7-6/h5H,1-4H3. The van der Waals surface area contributed by atoms with E-state index in [4.69, 9.17) is 5.53 Å². The largest absolute Gasteiger partial charge is 0.235 e. The predicted octanol–water partition coefficient (Wildman–Crippen LogP) is 1.89. The molecule has 0 saturated heterocycles. The smallest absolute Gasteiger partial charge is 0.221 e. The summed E-state index contributed by atoms with van der Waals surface area (Å²) in [5.41, 5.74) is 8.01. The molecule has 0 saturated carbocycles. The van der Waals surface area contributed by atoms with E-state index in [0.717, 1.165) is 0 Å². The van der Waals surface area contributed by atoms with Gasteiger partial charge in [-0.15, -0.1) is 0 Å². The van der Waals surface area contributed by atoms with Crippen molar-refractivity contribution in [3.63, 3.8) is 0 Å². The van der Waals surface area contributed by atoms with Crippen LogP contribution >= 0.6 is 0 Å². The van der Waals surface area contributed by atoms with Crippen LogP contribution in [0.25, 0.3) is 10.4 Å². The van der Waals surface area contributed by atoms with Crippen LogP contribution in [0.4, 0.5) is 0 Å². The van der Waals surface area contributed by atoms with Crippen LogP contribution in [0.5, 0.6) is 0 Å². The average Bonchev–Trinajstić information content (AvgIpc) is 1.84. The van der Waals surface area contributed by atoms with E-state index in [1.807, 2.05) is 19.6 Å². The molecule has 0 radical (unpaired) electrons. The maximum Gasteiger partial charge on any atom is 0.235 e. The van der Waals surface area contributed by atoms with E-state index in [1.54, 1.807) is 6.92 Å². The molecule has 12 heavy (non-hydrogen) atoms. The van der Waals surface area contributed by atoms with Crippen LogP contribution in [0.15, 0.2) is 4.52 Å². The summed E-state index contributed by atoms with van der Waals surface area (Å²) >= 11 is 0. The second kappa shape index (κ2) is 3.47. The Morgan fingerprint density at radius 1 is 1.42 bits per heavy atom. The van der Waals surface area contributed by atoms with Crippen LogP contribution in [0.2, 0.25) is 19.6 Å². The number of nitrogens with zero attached hydrogens (tertiary/aromatic N) is 3. The van der Waals surface area contributed by atoms with E-state index >= 15 is 0 Å². The van der Waals surface area contributed by atoms with Crippen molar-refractivity contribution in [2.45, 2.75) is 31.4 Å². The lowest BCUT2D eigenvalue weighted by atomic mass is 11.0. The molecular formula is C5H13N3O2SSi. The summed E-state index contributed by atoms with van der Waals surface area (Å²) < 4.78 is 25.2. The second-order valence-electron chi connectivity index (χ2n) is 3.69. The monoisotopic (exact) mass is 207 g/mol. The first-order valence-electron chi connectivity index (χ1n) is 3.52. The lowest BCUT2D eigenvalue weighted by Gasteiger charge is -2.22. The van der Waals surface area contributed by atoms with Gasteiger partial charge < -0.3 is 0 Å². The van der Waals surface area contributed by atoms with Gasteiger partial charge in [-0.1, -0.05) is 26.6 Å². The van der Waals surface area contributed by atoms with Gasteiger partial charge in [0.05, 0.1) is 12.9 Å². The number of sulfonamides is 1. The Morgan fingerprint density at radius 2 is 1.83 bits per heavy atom. The van der Waals surface area contributed by atoms with E-state index in [9.17, 15) is 8.42 Å². The van der Waals surface area contributed by atoms with Gasteiger partial charge >= 0.3 is 0 Å². The van der Waals surface area contributed by atoms with Crippen molar-refractivity contribution >= 4 is 18.1 Å². The van der Waals surface area contributed by atoms with Crippen LogP contribution in [-0.2, 0) is 10.0 Å². The first-order chi connectivity index (χ1) is 5.22. The molecule has 0 N–H and O–H groups in total. The van der Waals surface area contributed by atoms with Crippen LogP contribution in [0.3, 0.4) is 0 Å². The van der Waals surface area contributed by atoms with Crippen molar-refractivity contribution in [3.8, 4) is 0 Å². The van der Waals surface area contributed by atoms with E-state index < -0.39 is 23.0 Å². The molecule has 0 aliphatic carbocycles. The van der Waals surface area contributed by atoms with Gasteiger partial charge in [-0.3, -0.25) is 0 Å². The summed E-state index contributed by atoms with van der Waals surface area (Å²) in [5.74, 6) is 0. The maximum atomic E-state index is 11.2. The summed E-state index contributed by atoms with van der Waals surface area (Å²) in [6.45, 7) is 7.35. The van der Waals surface area contributed by atoms with Crippen LogP contribution in [0.1, 0.15) is 6.92 Å². The summed E-state index contributed by atoms with van der Waals surface area (Å²) in [6.07, 6.45) is 0. The lowest BCUT2D eigenvalue weighted by molar-refractivity contribution is 0.594. The third-order valence-electron chi connectivity index (χ3n) is 1.82. The Hall–Kier alpha value is -0.523. The van der Waals surface area contributed by atoms with Gasteiger partial charge in [0.1, 0.15) is 0 Å². The Kier molecular flexibility index (Phi) is 3.31. The number of hydrogen-bond donors (Lipinski definition) is 0. The molecular weight excluding hydrogens is 194 g/mol. The van der Waals surface area contributed by atoms with Gasteiger partial charge in [-0.05, 0) is 5.53 Å². The molecule has 0 bridgehead atoms. The number of rotatable bonds is 3.